The molecule has 4 aromatic rings. The van der Waals surface area contributed by atoms with E-state index < -0.39 is 0 Å². The summed E-state index contributed by atoms with van der Waals surface area (Å²) in [6.07, 6.45) is 4.83. The van der Waals surface area contributed by atoms with Gasteiger partial charge in [-0.3, -0.25) is 0 Å². The third-order valence-electron chi connectivity index (χ3n) is 6.92. The molecule has 0 fully saturated rings. The Kier molecular flexibility index (Phi) is 6.36. The molecular formula is C30H30Zr. The van der Waals surface area contributed by atoms with Crippen LogP contribution in [0.5, 0.6) is 0 Å². The summed E-state index contributed by atoms with van der Waals surface area (Å²) in [6.45, 7) is 8.84. The van der Waals surface area contributed by atoms with Crippen molar-refractivity contribution in [1.29, 1.82) is 0 Å². The SMILES string of the molecule is Cc1cc(C)c2c(c1)-c1[cH-]ccc1CC2.Cc1cc(C)c2c(c1)-c1[cH-]ccc1CC2.[Zr+2]. The summed E-state index contributed by atoms with van der Waals surface area (Å²) in [6, 6.07) is 22.7. The number of hydrogen-bond donors (Lipinski definition) is 0. The van der Waals surface area contributed by atoms with Crippen molar-refractivity contribution in [3.63, 3.8) is 0 Å². The summed E-state index contributed by atoms with van der Waals surface area (Å²) in [5, 5.41) is 0. The van der Waals surface area contributed by atoms with Crippen LogP contribution in [0.4, 0.5) is 0 Å². The fourth-order valence-electron chi connectivity index (χ4n) is 5.53. The summed E-state index contributed by atoms with van der Waals surface area (Å²) >= 11 is 0. The second-order valence-corrected chi connectivity index (χ2v) is 9.15. The summed E-state index contributed by atoms with van der Waals surface area (Å²) in [4.78, 5) is 0. The van der Waals surface area contributed by atoms with Crippen molar-refractivity contribution in [2.75, 3.05) is 0 Å². The van der Waals surface area contributed by atoms with Crippen LogP contribution >= 0.6 is 0 Å². The van der Waals surface area contributed by atoms with Gasteiger partial charge >= 0.3 is 26.2 Å². The van der Waals surface area contributed by atoms with Gasteiger partial charge in [-0.2, -0.15) is 35.4 Å². The van der Waals surface area contributed by atoms with E-state index in [1.54, 1.807) is 11.1 Å². The summed E-state index contributed by atoms with van der Waals surface area (Å²) in [7, 11) is 0. The van der Waals surface area contributed by atoms with Crippen molar-refractivity contribution in [2.45, 2.75) is 53.4 Å². The Morgan fingerprint density at radius 3 is 1.42 bits per heavy atom. The second-order valence-electron chi connectivity index (χ2n) is 9.15. The minimum Gasteiger partial charge on any atom is -0.172 e. The second kappa shape index (κ2) is 8.87. The Balaban J connectivity index is 0.000000144. The molecule has 154 valence electrons. The molecule has 0 spiro atoms. The third-order valence-corrected chi connectivity index (χ3v) is 6.92. The number of benzene rings is 2. The summed E-state index contributed by atoms with van der Waals surface area (Å²) in [5.41, 5.74) is 17.7. The first-order valence-corrected chi connectivity index (χ1v) is 11.2. The normalized spacial score (nSPS) is 13.0. The van der Waals surface area contributed by atoms with Crippen molar-refractivity contribution in [3.05, 3.63) is 105 Å². The van der Waals surface area contributed by atoms with Gasteiger partial charge in [-0.1, -0.05) is 81.6 Å². The predicted molar refractivity (Wildman–Crippen MR) is 129 cm³/mol. The standard InChI is InChI=1S/2C15H15.Zr/c2*1-10-8-11(2)13-7-6-12-4-3-5-14(12)15(13)9-10;/h2*3-5,8-9H,6-7H2,1-2H3;/q2*-1;+2. The Hall–Kier alpha value is -1.98. The van der Waals surface area contributed by atoms with Gasteiger partial charge in [0.25, 0.3) is 0 Å². The molecule has 0 aromatic heterocycles. The number of rotatable bonds is 0. The minimum atomic E-state index is 0. The van der Waals surface area contributed by atoms with Crippen LogP contribution in [0.3, 0.4) is 0 Å². The number of hydrogen-bond acceptors (Lipinski definition) is 0. The monoisotopic (exact) mass is 480 g/mol. The molecule has 6 rings (SSSR count). The van der Waals surface area contributed by atoms with Crippen molar-refractivity contribution in [1.82, 2.24) is 0 Å². The van der Waals surface area contributed by atoms with E-state index in [1.807, 2.05) is 0 Å². The topological polar surface area (TPSA) is 0 Å². The quantitative estimate of drug-likeness (QED) is 0.227. The molecule has 0 amide bonds. The molecule has 0 atom stereocenters. The molecule has 0 saturated carbocycles. The average Bonchev–Trinajstić information content (AvgIpc) is 3.37. The largest absolute Gasteiger partial charge is 2.00 e. The van der Waals surface area contributed by atoms with Gasteiger partial charge in [-0.25, -0.2) is 0 Å². The third kappa shape index (κ3) is 4.10. The maximum Gasteiger partial charge on any atom is 2.00 e. The molecule has 4 aromatic carbocycles. The first kappa shape index (κ1) is 22.2. The average molecular weight is 482 g/mol. The minimum absolute atomic E-state index is 0. The van der Waals surface area contributed by atoms with E-state index in [0.29, 0.717) is 0 Å². The van der Waals surface area contributed by atoms with Crippen molar-refractivity contribution >= 4 is 0 Å². The van der Waals surface area contributed by atoms with Gasteiger partial charge < -0.3 is 0 Å². The summed E-state index contributed by atoms with van der Waals surface area (Å²) in [5.74, 6) is 0. The molecule has 0 radical (unpaired) electrons. The van der Waals surface area contributed by atoms with Crippen LogP contribution < -0.4 is 0 Å². The van der Waals surface area contributed by atoms with E-state index in [1.165, 1.54) is 81.3 Å². The molecule has 2 aliphatic carbocycles. The molecule has 0 heterocycles. The van der Waals surface area contributed by atoms with Crippen LogP contribution in [0.25, 0.3) is 22.3 Å². The Bertz CT molecular complexity index is 1130. The van der Waals surface area contributed by atoms with E-state index in [9.17, 15) is 0 Å². The van der Waals surface area contributed by atoms with E-state index >= 15 is 0 Å². The Morgan fingerprint density at radius 2 is 1.00 bits per heavy atom. The Morgan fingerprint density at radius 1 is 0.581 bits per heavy atom. The fourth-order valence-corrected chi connectivity index (χ4v) is 5.53. The molecule has 0 nitrogen and oxygen atoms in total. The number of fused-ring (bicyclic) bond motifs is 6. The number of aryl methyl sites for hydroxylation is 6. The van der Waals surface area contributed by atoms with E-state index in [4.69, 9.17) is 0 Å². The van der Waals surface area contributed by atoms with Gasteiger partial charge in [0.2, 0.25) is 0 Å². The van der Waals surface area contributed by atoms with Crippen LogP contribution in [0.2, 0.25) is 0 Å². The van der Waals surface area contributed by atoms with Gasteiger partial charge in [0.15, 0.2) is 0 Å². The van der Waals surface area contributed by atoms with Crippen molar-refractivity contribution in [2.24, 2.45) is 0 Å². The van der Waals surface area contributed by atoms with E-state index in [2.05, 4.69) is 88.4 Å². The Labute approximate surface area is 206 Å². The molecule has 2 aliphatic rings. The van der Waals surface area contributed by atoms with Gasteiger partial charge in [0, 0.05) is 0 Å². The van der Waals surface area contributed by atoms with Crippen LogP contribution in [0, 0.1) is 27.7 Å². The molecule has 0 unspecified atom stereocenters. The van der Waals surface area contributed by atoms with E-state index in [-0.39, 0.29) is 26.2 Å². The molecule has 31 heavy (non-hydrogen) atoms. The van der Waals surface area contributed by atoms with Crippen LogP contribution in [-0.4, -0.2) is 0 Å². The zero-order valence-electron chi connectivity index (χ0n) is 19.1. The van der Waals surface area contributed by atoms with Gasteiger partial charge in [0.05, 0.1) is 0 Å². The molecule has 1 heteroatoms. The maximum absolute atomic E-state index is 2.33. The fraction of sp³-hybridized carbons (Fsp3) is 0.267. The van der Waals surface area contributed by atoms with E-state index in [0.717, 1.165) is 0 Å². The first-order chi connectivity index (χ1) is 14.5. The van der Waals surface area contributed by atoms with Gasteiger partial charge in [0.1, 0.15) is 0 Å². The van der Waals surface area contributed by atoms with Crippen molar-refractivity contribution < 1.29 is 26.2 Å². The van der Waals surface area contributed by atoms with Crippen LogP contribution in [-0.2, 0) is 51.9 Å². The van der Waals surface area contributed by atoms with Gasteiger partial charge in [-0.05, 0) is 40.5 Å². The zero-order chi connectivity index (χ0) is 20.8. The summed E-state index contributed by atoms with van der Waals surface area (Å²) < 4.78 is 0. The van der Waals surface area contributed by atoms with Gasteiger partial charge in [-0.15, -0.1) is 23.3 Å². The first-order valence-electron chi connectivity index (χ1n) is 11.2. The van der Waals surface area contributed by atoms with Crippen LogP contribution in [0.1, 0.15) is 44.5 Å². The molecular weight excluding hydrogens is 452 g/mol. The predicted octanol–water partition coefficient (Wildman–Crippen LogP) is 7.57. The smallest absolute Gasteiger partial charge is 0.172 e. The maximum atomic E-state index is 2.33. The molecule has 0 aliphatic heterocycles. The molecule has 0 saturated heterocycles. The van der Waals surface area contributed by atoms with Crippen LogP contribution in [0.15, 0.2) is 60.7 Å². The zero-order valence-corrected chi connectivity index (χ0v) is 21.6. The molecule has 0 N–H and O–H groups in total. The molecule has 0 bridgehead atoms. The van der Waals surface area contributed by atoms with Crippen molar-refractivity contribution in [3.8, 4) is 22.3 Å².